The Labute approximate surface area is 136 Å². The summed E-state index contributed by atoms with van der Waals surface area (Å²) in [4.78, 5) is 32.6. The van der Waals surface area contributed by atoms with Gasteiger partial charge in [0.25, 0.3) is 0 Å². The number of benzene rings is 1. The second-order valence-corrected chi connectivity index (χ2v) is 5.87. The number of carbonyl (C=O) groups is 2. The number of ether oxygens (including phenoxy) is 1. The van der Waals surface area contributed by atoms with Gasteiger partial charge in [0.15, 0.2) is 6.04 Å². The van der Waals surface area contributed by atoms with E-state index in [1.54, 1.807) is 20.8 Å². The van der Waals surface area contributed by atoms with Gasteiger partial charge in [0.2, 0.25) is 5.82 Å². The Morgan fingerprint density at radius 3 is 2.42 bits per heavy atom. The first-order valence-electron chi connectivity index (χ1n) is 6.76. The molecule has 0 fully saturated rings. The van der Waals surface area contributed by atoms with Gasteiger partial charge in [-0.25, -0.2) is 9.59 Å². The molecular formula is C14H17FN2O7. The number of halogens is 1. The largest absolute Gasteiger partial charge is 0.480 e. The number of amides is 1. The molecule has 132 valence electrons. The molecule has 3 N–H and O–H groups in total. The van der Waals surface area contributed by atoms with E-state index >= 15 is 0 Å². The summed E-state index contributed by atoms with van der Waals surface area (Å²) in [6, 6.07) is 0.570. The summed E-state index contributed by atoms with van der Waals surface area (Å²) in [6.45, 7) is 4.67. The van der Waals surface area contributed by atoms with Crippen LogP contribution in [0.25, 0.3) is 0 Å². The van der Waals surface area contributed by atoms with E-state index in [-0.39, 0.29) is 5.56 Å². The van der Waals surface area contributed by atoms with Crippen LogP contribution in [-0.2, 0) is 9.53 Å². The van der Waals surface area contributed by atoms with Crippen molar-refractivity contribution in [3.63, 3.8) is 0 Å². The van der Waals surface area contributed by atoms with Crippen LogP contribution in [0.5, 0.6) is 0 Å². The van der Waals surface area contributed by atoms with Gasteiger partial charge in [-0.2, -0.15) is 4.39 Å². The molecule has 1 aromatic carbocycles. The predicted octanol–water partition coefficient (Wildman–Crippen LogP) is 1.75. The highest BCUT2D eigenvalue weighted by Gasteiger charge is 2.32. The number of carbonyl (C=O) groups excluding carboxylic acids is 1. The number of hydrogen-bond acceptors (Lipinski definition) is 6. The third kappa shape index (κ3) is 5.16. The third-order valence-electron chi connectivity index (χ3n) is 2.76. The third-order valence-corrected chi connectivity index (χ3v) is 2.76. The van der Waals surface area contributed by atoms with E-state index in [1.165, 1.54) is 0 Å². The fourth-order valence-electron chi connectivity index (χ4n) is 1.76. The zero-order valence-electron chi connectivity index (χ0n) is 13.1. The quantitative estimate of drug-likeness (QED) is 0.546. The summed E-state index contributed by atoms with van der Waals surface area (Å²) in [5, 5.41) is 31.9. The minimum atomic E-state index is -1.85. The van der Waals surface area contributed by atoms with Crippen LogP contribution >= 0.6 is 0 Å². The molecule has 10 heteroatoms. The van der Waals surface area contributed by atoms with Crippen molar-refractivity contribution >= 4 is 17.7 Å². The Morgan fingerprint density at radius 1 is 1.38 bits per heavy atom. The molecule has 0 aliphatic rings. The highest BCUT2D eigenvalue weighted by atomic mass is 19.1. The predicted molar refractivity (Wildman–Crippen MR) is 78.8 cm³/mol. The number of nitrogens with one attached hydrogen (secondary N) is 1. The van der Waals surface area contributed by atoms with E-state index in [0.29, 0.717) is 6.07 Å². The van der Waals surface area contributed by atoms with E-state index in [9.17, 15) is 29.2 Å². The number of carboxylic acid groups (broad SMARTS) is 1. The summed E-state index contributed by atoms with van der Waals surface area (Å²) < 4.78 is 18.2. The van der Waals surface area contributed by atoms with Crippen molar-refractivity contribution in [3.8, 4) is 0 Å². The molecule has 0 aromatic heterocycles. The molecule has 24 heavy (non-hydrogen) atoms. The number of carboxylic acids is 1. The Kier molecular flexibility index (Phi) is 5.80. The summed E-state index contributed by atoms with van der Waals surface area (Å²) >= 11 is 0. The van der Waals surface area contributed by atoms with Gasteiger partial charge in [0.05, 0.1) is 4.92 Å². The highest BCUT2D eigenvalue weighted by Crippen LogP contribution is 2.25. The van der Waals surface area contributed by atoms with Crippen LogP contribution in [0, 0.1) is 15.9 Å². The standard InChI is InChI=1S/C14H17FN2O7/c1-14(2,3)24-13(21)16-10(12(19)20)11(18)7-4-5-8(15)9(6-7)17(22)23/h4-6,10-11,18H,1-3H3,(H,16,21)(H,19,20)/t10-,11-/m1/s1. The lowest BCUT2D eigenvalue weighted by Crippen LogP contribution is -2.46. The van der Waals surface area contributed by atoms with Crippen molar-refractivity contribution in [1.82, 2.24) is 5.32 Å². The Bertz CT molecular complexity index is 657. The Balaban J connectivity index is 3.05. The number of aliphatic carboxylic acids is 1. The molecule has 1 rings (SSSR count). The monoisotopic (exact) mass is 344 g/mol. The number of hydrogen-bond donors (Lipinski definition) is 3. The fraction of sp³-hybridized carbons (Fsp3) is 0.429. The number of alkyl carbamates (subject to hydrolysis) is 1. The molecule has 0 bridgehead atoms. The summed E-state index contributed by atoms with van der Waals surface area (Å²) in [5.41, 5.74) is -2.06. The molecule has 0 radical (unpaired) electrons. The highest BCUT2D eigenvalue weighted by molar-refractivity contribution is 5.81. The molecule has 1 aromatic rings. The molecule has 9 nitrogen and oxygen atoms in total. The molecule has 1 amide bonds. The molecule has 0 aliphatic carbocycles. The van der Waals surface area contributed by atoms with Crippen LogP contribution in [0.3, 0.4) is 0 Å². The maximum atomic E-state index is 13.3. The van der Waals surface area contributed by atoms with Crippen molar-refractivity contribution in [1.29, 1.82) is 0 Å². The first kappa shape index (κ1) is 19.3. The van der Waals surface area contributed by atoms with Gasteiger partial charge in [-0.15, -0.1) is 0 Å². The van der Waals surface area contributed by atoms with Crippen molar-refractivity contribution in [2.75, 3.05) is 0 Å². The fourth-order valence-corrected chi connectivity index (χ4v) is 1.76. The average Bonchev–Trinajstić information content (AvgIpc) is 2.42. The Morgan fingerprint density at radius 2 is 1.96 bits per heavy atom. The second-order valence-electron chi connectivity index (χ2n) is 5.87. The van der Waals surface area contributed by atoms with Crippen molar-refractivity contribution < 1.29 is 33.9 Å². The number of aliphatic hydroxyl groups is 1. The molecule has 0 spiro atoms. The van der Waals surface area contributed by atoms with Gasteiger partial charge in [-0.05, 0) is 32.4 Å². The minimum Gasteiger partial charge on any atom is -0.480 e. The minimum absolute atomic E-state index is 0.244. The van der Waals surface area contributed by atoms with Crippen LogP contribution in [-0.4, -0.2) is 38.8 Å². The van der Waals surface area contributed by atoms with Gasteiger partial charge in [0.1, 0.15) is 11.7 Å². The van der Waals surface area contributed by atoms with E-state index in [1.807, 2.05) is 5.32 Å². The topological polar surface area (TPSA) is 139 Å². The van der Waals surface area contributed by atoms with Crippen LogP contribution in [0.15, 0.2) is 18.2 Å². The number of nitrogens with zero attached hydrogens (tertiary/aromatic N) is 1. The lowest BCUT2D eigenvalue weighted by molar-refractivity contribution is -0.387. The molecular weight excluding hydrogens is 327 g/mol. The molecule has 2 atom stereocenters. The van der Waals surface area contributed by atoms with E-state index in [4.69, 9.17) is 9.84 Å². The van der Waals surface area contributed by atoms with Gasteiger partial charge in [-0.3, -0.25) is 10.1 Å². The molecule has 0 saturated heterocycles. The SMILES string of the molecule is CC(C)(C)OC(=O)N[C@@H](C(=O)O)[C@H](O)c1ccc(F)c([N+](=O)[O-])c1. The molecule has 0 unspecified atom stereocenters. The van der Waals surface area contributed by atoms with Gasteiger partial charge in [-0.1, -0.05) is 6.07 Å². The normalized spacial score (nSPS) is 13.7. The maximum absolute atomic E-state index is 13.3. The zero-order chi connectivity index (χ0) is 18.7. The van der Waals surface area contributed by atoms with E-state index in [2.05, 4.69) is 0 Å². The number of nitro groups is 1. The summed E-state index contributed by atoms with van der Waals surface area (Å²) in [7, 11) is 0. The smallest absolute Gasteiger partial charge is 0.408 e. The molecule has 0 heterocycles. The van der Waals surface area contributed by atoms with Gasteiger partial charge < -0.3 is 20.3 Å². The molecule has 0 aliphatic heterocycles. The van der Waals surface area contributed by atoms with Gasteiger partial charge in [0, 0.05) is 6.07 Å². The van der Waals surface area contributed by atoms with Gasteiger partial charge >= 0.3 is 17.7 Å². The maximum Gasteiger partial charge on any atom is 0.408 e. The lowest BCUT2D eigenvalue weighted by Gasteiger charge is -2.24. The van der Waals surface area contributed by atoms with Crippen LogP contribution in [0.1, 0.15) is 32.4 Å². The Hall–Kier alpha value is -2.75. The first-order valence-corrected chi connectivity index (χ1v) is 6.76. The van der Waals surface area contributed by atoms with E-state index < -0.39 is 46.2 Å². The number of nitro benzene ring substituents is 1. The zero-order valence-corrected chi connectivity index (χ0v) is 13.1. The number of rotatable bonds is 5. The first-order chi connectivity index (χ1) is 10.9. The van der Waals surface area contributed by atoms with Crippen molar-refractivity contribution in [3.05, 3.63) is 39.7 Å². The van der Waals surface area contributed by atoms with Crippen molar-refractivity contribution in [2.24, 2.45) is 0 Å². The van der Waals surface area contributed by atoms with Crippen LogP contribution < -0.4 is 5.32 Å². The van der Waals surface area contributed by atoms with Crippen LogP contribution in [0.4, 0.5) is 14.9 Å². The van der Waals surface area contributed by atoms with Crippen molar-refractivity contribution in [2.45, 2.75) is 38.5 Å². The summed E-state index contributed by atoms with van der Waals surface area (Å²) in [5.74, 6) is -2.73. The van der Waals surface area contributed by atoms with Crippen LogP contribution in [0.2, 0.25) is 0 Å². The van der Waals surface area contributed by atoms with E-state index in [0.717, 1.165) is 12.1 Å². The second kappa shape index (κ2) is 7.21. The number of aliphatic hydroxyl groups excluding tert-OH is 1. The summed E-state index contributed by atoms with van der Waals surface area (Å²) in [6.07, 6.45) is -2.94. The average molecular weight is 344 g/mol. The lowest BCUT2D eigenvalue weighted by atomic mass is 10.0. The molecule has 0 saturated carbocycles.